The Kier molecular flexibility index (Phi) is 5.29. The Bertz CT molecular complexity index is 634. The van der Waals surface area contributed by atoms with Gasteiger partial charge in [-0.05, 0) is 30.3 Å². The van der Waals surface area contributed by atoms with E-state index in [0.717, 1.165) is 4.47 Å². The molecule has 3 nitrogen and oxygen atoms in total. The Morgan fingerprint density at radius 1 is 1.15 bits per heavy atom. The number of carbonyl (C=O) groups excluding carboxylic acids is 1. The largest absolute Gasteiger partial charge is 0.482 e. The first-order valence-corrected chi connectivity index (χ1v) is 7.23. The zero-order chi connectivity index (χ0) is 14.5. The van der Waals surface area contributed by atoms with Crippen LogP contribution in [0.15, 0.2) is 46.9 Å². The predicted molar refractivity (Wildman–Crippen MR) is 84.7 cm³/mol. The van der Waals surface area contributed by atoms with Crippen LogP contribution in [0.25, 0.3) is 0 Å². The molecule has 0 fully saturated rings. The SMILES string of the molecule is O=C(COc1ccc(Br)cc1Cl)Nc1ccccc1Cl. The van der Waals surface area contributed by atoms with Crippen LogP contribution in [0.2, 0.25) is 10.0 Å². The van der Waals surface area contributed by atoms with Gasteiger partial charge in [0.15, 0.2) is 6.61 Å². The highest BCUT2D eigenvalue weighted by Crippen LogP contribution is 2.27. The zero-order valence-corrected chi connectivity index (χ0v) is 13.3. The zero-order valence-electron chi connectivity index (χ0n) is 10.2. The Morgan fingerprint density at radius 2 is 1.90 bits per heavy atom. The van der Waals surface area contributed by atoms with E-state index in [1.54, 1.807) is 42.5 Å². The van der Waals surface area contributed by atoms with E-state index in [-0.39, 0.29) is 12.5 Å². The minimum atomic E-state index is -0.308. The minimum absolute atomic E-state index is 0.146. The molecule has 0 heterocycles. The maximum absolute atomic E-state index is 11.8. The van der Waals surface area contributed by atoms with Crippen LogP contribution in [0.4, 0.5) is 5.69 Å². The summed E-state index contributed by atoms with van der Waals surface area (Å²) in [5.41, 5.74) is 0.546. The Labute approximate surface area is 135 Å². The normalized spacial score (nSPS) is 10.2. The van der Waals surface area contributed by atoms with Gasteiger partial charge in [0.1, 0.15) is 5.75 Å². The third kappa shape index (κ3) is 4.13. The van der Waals surface area contributed by atoms with Crippen molar-refractivity contribution in [2.45, 2.75) is 0 Å². The smallest absolute Gasteiger partial charge is 0.262 e. The molecule has 20 heavy (non-hydrogen) atoms. The molecule has 6 heteroatoms. The molecule has 0 saturated carbocycles. The van der Waals surface area contributed by atoms with Gasteiger partial charge in [-0.1, -0.05) is 51.3 Å². The van der Waals surface area contributed by atoms with E-state index in [2.05, 4.69) is 21.2 Å². The summed E-state index contributed by atoms with van der Waals surface area (Å²) in [7, 11) is 0. The molecular weight excluding hydrogens is 365 g/mol. The molecule has 0 atom stereocenters. The summed E-state index contributed by atoms with van der Waals surface area (Å²) in [4.78, 5) is 11.8. The van der Waals surface area contributed by atoms with Crippen molar-refractivity contribution in [2.24, 2.45) is 0 Å². The predicted octanol–water partition coefficient (Wildman–Crippen LogP) is 4.77. The van der Waals surface area contributed by atoms with Crippen molar-refractivity contribution < 1.29 is 9.53 Å². The molecule has 0 bridgehead atoms. The van der Waals surface area contributed by atoms with Gasteiger partial charge in [0.2, 0.25) is 0 Å². The van der Waals surface area contributed by atoms with Crippen molar-refractivity contribution in [2.75, 3.05) is 11.9 Å². The molecule has 0 saturated heterocycles. The quantitative estimate of drug-likeness (QED) is 0.836. The third-order valence-electron chi connectivity index (χ3n) is 2.40. The maximum Gasteiger partial charge on any atom is 0.262 e. The van der Waals surface area contributed by atoms with Crippen LogP contribution in [-0.2, 0) is 4.79 Å². The highest BCUT2D eigenvalue weighted by molar-refractivity contribution is 9.10. The number of para-hydroxylation sites is 1. The van der Waals surface area contributed by atoms with Gasteiger partial charge in [-0.15, -0.1) is 0 Å². The van der Waals surface area contributed by atoms with E-state index >= 15 is 0 Å². The van der Waals surface area contributed by atoms with Crippen LogP contribution in [0.5, 0.6) is 5.75 Å². The van der Waals surface area contributed by atoms with E-state index in [4.69, 9.17) is 27.9 Å². The molecule has 0 unspecified atom stereocenters. The van der Waals surface area contributed by atoms with E-state index in [0.29, 0.717) is 21.5 Å². The molecule has 0 aliphatic rings. The van der Waals surface area contributed by atoms with E-state index in [1.165, 1.54) is 0 Å². The molecule has 2 rings (SSSR count). The summed E-state index contributed by atoms with van der Waals surface area (Å²) >= 11 is 15.2. The summed E-state index contributed by atoms with van der Waals surface area (Å²) in [5.74, 6) is 0.140. The molecule has 0 radical (unpaired) electrons. The number of nitrogens with one attached hydrogen (secondary N) is 1. The second-order valence-corrected chi connectivity index (χ2v) is 5.62. The van der Waals surface area contributed by atoms with Gasteiger partial charge in [-0.3, -0.25) is 4.79 Å². The lowest BCUT2D eigenvalue weighted by molar-refractivity contribution is -0.118. The number of carbonyl (C=O) groups is 1. The van der Waals surface area contributed by atoms with Crippen molar-refractivity contribution in [3.63, 3.8) is 0 Å². The number of anilines is 1. The fourth-order valence-corrected chi connectivity index (χ4v) is 2.40. The van der Waals surface area contributed by atoms with Crippen LogP contribution in [0, 0.1) is 0 Å². The molecule has 104 valence electrons. The topological polar surface area (TPSA) is 38.3 Å². The lowest BCUT2D eigenvalue weighted by atomic mass is 10.3. The monoisotopic (exact) mass is 373 g/mol. The van der Waals surface area contributed by atoms with Gasteiger partial charge in [0.05, 0.1) is 15.7 Å². The number of amides is 1. The number of halogens is 3. The minimum Gasteiger partial charge on any atom is -0.482 e. The van der Waals surface area contributed by atoms with Crippen LogP contribution in [0.3, 0.4) is 0 Å². The fourth-order valence-electron chi connectivity index (χ4n) is 1.48. The average molecular weight is 375 g/mol. The van der Waals surface area contributed by atoms with Gasteiger partial charge < -0.3 is 10.1 Å². The van der Waals surface area contributed by atoms with Crippen molar-refractivity contribution in [3.8, 4) is 5.75 Å². The summed E-state index contributed by atoms with van der Waals surface area (Å²) in [6.07, 6.45) is 0. The van der Waals surface area contributed by atoms with Crippen molar-refractivity contribution >= 4 is 50.7 Å². The molecule has 0 spiro atoms. The highest BCUT2D eigenvalue weighted by atomic mass is 79.9. The van der Waals surface area contributed by atoms with Crippen LogP contribution < -0.4 is 10.1 Å². The van der Waals surface area contributed by atoms with E-state index in [9.17, 15) is 4.79 Å². The van der Waals surface area contributed by atoms with Gasteiger partial charge in [0, 0.05) is 4.47 Å². The summed E-state index contributed by atoms with van der Waals surface area (Å²) < 4.78 is 6.20. The van der Waals surface area contributed by atoms with Gasteiger partial charge >= 0.3 is 0 Å². The third-order valence-corrected chi connectivity index (χ3v) is 3.52. The molecule has 1 N–H and O–H groups in total. The Morgan fingerprint density at radius 3 is 2.60 bits per heavy atom. The Balaban J connectivity index is 1.94. The van der Waals surface area contributed by atoms with Crippen molar-refractivity contribution in [1.82, 2.24) is 0 Å². The summed E-state index contributed by atoms with van der Waals surface area (Å²) in [6, 6.07) is 12.2. The lowest BCUT2D eigenvalue weighted by Gasteiger charge is -2.09. The molecule has 1 amide bonds. The summed E-state index contributed by atoms with van der Waals surface area (Å²) in [5, 5.41) is 3.57. The Hall–Kier alpha value is -1.23. The molecule has 0 aliphatic heterocycles. The molecular formula is C14H10BrCl2NO2. The van der Waals surface area contributed by atoms with Crippen molar-refractivity contribution in [3.05, 3.63) is 57.0 Å². The van der Waals surface area contributed by atoms with Crippen LogP contribution >= 0.6 is 39.1 Å². The van der Waals surface area contributed by atoms with Crippen molar-refractivity contribution in [1.29, 1.82) is 0 Å². The number of benzene rings is 2. The van der Waals surface area contributed by atoms with Gasteiger partial charge in [0.25, 0.3) is 5.91 Å². The summed E-state index contributed by atoms with van der Waals surface area (Å²) in [6.45, 7) is -0.146. The van der Waals surface area contributed by atoms with Crippen LogP contribution in [0.1, 0.15) is 0 Å². The number of hydrogen-bond acceptors (Lipinski definition) is 2. The molecule has 2 aromatic carbocycles. The first-order valence-electron chi connectivity index (χ1n) is 5.68. The maximum atomic E-state index is 11.8. The number of ether oxygens (including phenoxy) is 1. The average Bonchev–Trinajstić information content (AvgIpc) is 2.40. The van der Waals surface area contributed by atoms with Crippen LogP contribution in [-0.4, -0.2) is 12.5 Å². The fraction of sp³-hybridized carbons (Fsp3) is 0.0714. The second-order valence-electron chi connectivity index (χ2n) is 3.89. The molecule has 2 aromatic rings. The first kappa shape index (κ1) is 15.2. The highest BCUT2D eigenvalue weighted by Gasteiger charge is 2.08. The number of rotatable bonds is 4. The van der Waals surface area contributed by atoms with Gasteiger partial charge in [-0.2, -0.15) is 0 Å². The molecule has 0 aliphatic carbocycles. The van der Waals surface area contributed by atoms with E-state index in [1.807, 2.05) is 0 Å². The van der Waals surface area contributed by atoms with E-state index < -0.39 is 0 Å². The first-order chi connectivity index (χ1) is 9.56. The molecule has 0 aromatic heterocycles. The number of hydrogen-bond donors (Lipinski definition) is 1. The lowest BCUT2D eigenvalue weighted by Crippen LogP contribution is -2.20. The second kappa shape index (κ2) is 6.97. The van der Waals surface area contributed by atoms with Gasteiger partial charge in [-0.25, -0.2) is 0 Å². The standard InChI is InChI=1S/C14H10BrCl2NO2/c15-9-5-6-13(11(17)7-9)20-8-14(19)18-12-4-2-1-3-10(12)16/h1-7H,8H2,(H,18,19).